The zero-order valence-corrected chi connectivity index (χ0v) is 20.1. The molecular weight excluding hydrogens is 493 g/mol. The van der Waals surface area contributed by atoms with E-state index < -0.39 is 0 Å². The van der Waals surface area contributed by atoms with Crippen LogP contribution in [0.25, 0.3) is 10.8 Å². The van der Waals surface area contributed by atoms with E-state index in [0.717, 1.165) is 70.5 Å². The molecule has 0 spiro atoms. The normalized spacial score (nSPS) is 16.3. The molecule has 2 aromatic carbocycles. The quantitative estimate of drug-likeness (QED) is 0.201. The van der Waals surface area contributed by atoms with E-state index in [1.807, 2.05) is 18.2 Å². The number of ether oxygens (including phenoxy) is 3. The highest BCUT2D eigenvalue weighted by Crippen LogP contribution is 2.20. The van der Waals surface area contributed by atoms with Gasteiger partial charge < -0.3 is 24.8 Å². The molecule has 1 saturated heterocycles. The summed E-state index contributed by atoms with van der Waals surface area (Å²) in [7, 11) is 1.79. The van der Waals surface area contributed by atoms with Crippen LogP contribution < -0.4 is 15.4 Å². The van der Waals surface area contributed by atoms with E-state index in [0.29, 0.717) is 12.5 Å². The Balaban J connectivity index is 0.00000320. The van der Waals surface area contributed by atoms with Crippen molar-refractivity contribution in [3.8, 4) is 5.75 Å². The second-order valence-electron chi connectivity index (χ2n) is 7.29. The Kier molecular flexibility index (Phi) is 11.9. The lowest BCUT2D eigenvalue weighted by atomic mass is 10.1. The first-order valence-corrected chi connectivity index (χ1v) is 10.6. The summed E-state index contributed by atoms with van der Waals surface area (Å²) in [4.78, 5) is 4.26. The van der Waals surface area contributed by atoms with Gasteiger partial charge in [-0.15, -0.1) is 24.0 Å². The summed E-state index contributed by atoms with van der Waals surface area (Å²) in [5.74, 6) is 2.31. The summed E-state index contributed by atoms with van der Waals surface area (Å²) < 4.78 is 16.9. The second kappa shape index (κ2) is 14.4. The molecule has 0 aliphatic carbocycles. The first-order valence-electron chi connectivity index (χ1n) is 10.6. The maximum Gasteiger partial charge on any atom is 0.190 e. The highest BCUT2D eigenvalue weighted by molar-refractivity contribution is 14.0. The minimum Gasteiger partial charge on any atom is -0.494 e. The number of rotatable bonds is 11. The average molecular weight is 527 g/mol. The fraction of sp³-hybridized carbons (Fsp3) is 0.522. The molecule has 0 radical (unpaired) electrons. The molecule has 3 rings (SSSR count). The third-order valence-corrected chi connectivity index (χ3v) is 4.96. The van der Waals surface area contributed by atoms with Gasteiger partial charge in [-0.2, -0.15) is 0 Å². The summed E-state index contributed by atoms with van der Waals surface area (Å²) in [6.45, 7) is 5.62. The second-order valence-corrected chi connectivity index (χ2v) is 7.29. The molecular formula is C23H34IN3O3. The van der Waals surface area contributed by atoms with E-state index >= 15 is 0 Å². The summed E-state index contributed by atoms with van der Waals surface area (Å²) >= 11 is 0. The van der Waals surface area contributed by atoms with E-state index in [-0.39, 0.29) is 24.0 Å². The van der Waals surface area contributed by atoms with Crippen LogP contribution in [0.4, 0.5) is 0 Å². The van der Waals surface area contributed by atoms with Crippen molar-refractivity contribution in [2.45, 2.75) is 19.3 Å². The van der Waals surface area contributed by atoms with Crippen molar-refractivity contribution in [1.82, 2.24) is 10.6 Å². The molecule has 7 heteroatoms. The molecule has 0 amide bonds. The largest absolute Gasteiger partial charge is 0.494 e. The Morgan fingerprint density at radius 3 is 2.57 bits per heavy atom. The number of benzene rings is 2. The maximum absolute atomic E-state index is 5.87. The molecule has 1 unspecified atom stereocenters. The highest BCUT2D eigenvalue weighted by Gasteiger charge is 2.15. The number of hydrogen-bond acceptors (Lipinski definition) is 4. The third-order valence-electron chi connectivity index (χ3n) is 4.96. The van der Waals surface area contributed by atoms with Gasteiger partial charge in [-0.05, 0) is 42.2 Å². The fourth-order valence-corrected chi connectivity index (χ4v) is 3.29. The van der Waals surface area contributed by atoms with Crippen molar-refractivity contribution in [2.24, 2.45) is 10.9 Å². The summed E-state index contributed by atoms with van der Waals surface area (Å²) in [5.41, 5.74) is 0. The van der Waals surface area contributed by atoms with Gasteiger partial charge in [-0.1, -0.05) is 30.3 Å². The molecule has 0 saturated carbocycles. The number of nitrogens with zero attached hydrogens (tertiary/aromatic N) is 1. The molecule has 0 bridgehead atoms. The van der Waals surface area contributed by atoms with Crippen LogP contribution in [0.1, 0.15) is 19.3 Å². The Labute approximate surface area is 196 Å². The van der Waals surface area contributed by atoms with Gasteiger partial charge in [0.2, 0.25) is 0 Å². The van der Waals surface area contributed by atoms with Gasteiger partial charge in [0.25, 0.3) is 0 Å². The molecule has 6 nitrogen and oxygen atoms in total. The molecule has 1 atom stereocenters. The predicted molar refractivity (Wildman–Crippen MR) is 133 cm³/mol. The molecule has 2 aromatic rings. The molecule has 1 aliphatic rings. The van der Waals surface area contributed by atoms with Gasteiger partial charge in [0.15, 0.2) is 5.96 Å². The average Bonchev–Trinajstić information content (AvgIpc) is 3.28. The Morgan fingerprint density at radius 2 is 1.83 bits per heavy atom. The van der Waals surface area contributed by atoms with Crippen molar-refractivity contribution in [3.63, 3.8) is 0 Å². The maximum atomic E-state index is 5.87. The zero-order valence-electron chi connectivity index (χ0n) is 17.8. The lowest BCUT2D eigenvalue weighted by Gasteiger charge is -2.13. The minimum absolute atomic E-state index is 0. The lowest BCUT2D eigenvalue weighted by molar-refractivity contribution is 0.0888. The molecule has 1 aliphatic heterocycles. The SMILES string of the molecule is CN=C(NCCCOCC1CCOC1)NCCCOc1ccc2ccccc2c1.I. The minimum atomic E-state index is 0. The molecule has 166 valence electrons. The van der Waals surface area contributed by atoms with Crippen LogP contribution >= 0.6 is 24.0 Å². The molecule has 30 heavy (non-hydrogen) atoms. The standard InChI is InChI=1S/C23H33N3O3.HI/c1-24-23(25-11-4-13-27-17-19-10-15-28-18-19)26-12-5-14-29-22-9-8-20-6-2-3-7-21(20)16-22;/h2-3,6-9,16,19H,4-5,10-15,17-18H2,1H3,(H2,24,25,26);1H. The summed E-state index contributed by atoms with van der Waals surface area (Å²) in [6, 6.07) is 14.5. The smallest absolute Gasteiger partial charge is 0.190 e. The van der Waals surface area contributed by atoms with Crippen LogP contribution in [0, 0.1) is 5.92 Å². The Morgan fingerprint density at radius 1 is 1.07 bits per heavy atom. The third kappa shape index (κ3) is 8.65. The number of fused-ring (bicyclic) bond motifs is 1. The van der Waals surface area contributed by atoms with Crippen LogP contribution in [-0.2, 0) is 9.47 Å². The lowest BCUT2D eigenvalue weighted by Crippen LogP contribution is -2.38. The van der Waals surface area contributed by atoms with Gasteiger partial charge >= 0.3 is 0 Å². The number of aliphatic imine (C=N–C) groups is 1. The van der Waals surface area contributed by atoms with Gasteiger partial charge in [-0.3, -0.25) is 4.99 Å². The van der Waals surface area contributed by atoms with Gasteiger partial charge in [-0.25, -0.2) is 0 Å². The van der Waals surface area contributed by atoms with Crippen LogP contribution in [0.2, 0.25) is 0 Å². The van der Waals surface area contributed by atoms with E-state index in [4.69, 9.17) is 14.2 Å². The summed E-state index contributed by atoms with van der Waals surface area (Å²) in [5, 5.41) is 9.08. The highest BCUT2D eigenvalue weighted by atomic mass is 127. The fourth-order valence-electron chi connectivity index (χ4n) is 3.29. The molecule has 0 aromatic heterocycles. The number of hydrogen-bond donors (Lipinski definition) is 2. The van der Waals surface area contributed by atoms with Crippen molar-refractivity contribution < 1.29 is 14.2 Å². The zero-order chi connectivity index (χ0) is 20.2. The van der Waals surface area contributed by atoms with Crippen LogP contribution in [-0.4, -0.2) is 59.1 Å². The van der Waals surface area contributed by atoms with Crippen molar-refractivity contribution in [2.75, 3.05) is 53.2 Å². The van der Waals surface area contributed by atoms with Crippen molar-refractivity contribution in [3.05, 3.63) is 42.5 Å². The Bertz CT molecular complexity index is 766. The van der Waals surface area contributed by atoms with E-state index in [2.05, 4.69) is 39.9 Å². The first-order chi connectivity index (χ1) is 14.3. The molecule has 1 fully saturated rings. The molecule has 2 N–H and O–H groups in total. The van der Waals surface area contributed by atoms with Crippen LogP contribution in [0.3, 0.4) is 0 Å². The van der Waals surface area contributed by atoms with E-state index in [1.54, 1.807) is 7.05 Å². The van der Waals surface area contributed by atoms with Crippen LogP contribution in [0.15, 0.2) is 47.5 Å². The topological polar surface area (TPSA) is 64.1 Å². The van der Waals surface area contributed by atoms with Crippen molar-refractivity contribution >= 4 is 40.7 Å². The van der Waals surface area contributed by atoms with Gasteiger partial charge in [0.1, 0.15) is 5.75 Å². The predicted octanol–water partition coefficient (Wildman–Crippen LogP) is 3.83. The number of nitrogens with one attached hydrogen (secondary N) is 2. The van der Waals surface area contributed by atoms with Crippen LogP contribution in [0.5, 0.6) is 5.75 Å². The molecule has 1 heterocycles. The van der Waals surface area contributed by atoms with Gasteiger partial charge in [0, 0.05) is 39.3 Å². The monoisotopic (exact) mass is 527 g/mol. The van der Waals surface area contributed by atoms with E-state index in [1.165, 1.54) is 10.8 Å². The van der Waals surface area contributed by atoms with Gasteiger partial charge in [0.05, 0.1) is 19.8 Å². The summed E-state index contributed by atoms with van der Waals surface area (Å²) in [6.07, 6.45) is 2.98. The Hall–Kier alpha value is -1.58. The number of halogens is 1. The first kappa shape index (κ1) is 24.7. The van der Waals surface area contributed by atoms with E-state index in [9.17, 15) is 0 Å². The van der Waals surface area contributed by atoms with Crippen molar-refractivity contribution in [1.29, 1.82) is 0 Å². The number of guanidine groups is 1.